The van der Waals surface area contributed by atoms with E-state index in [9.17, 15) is 0 Å². The highest BCUT2D eigenvalue weighted by Gasteiger charge is 2.20. The zero-order chi connectivity index (χ0) is 14.7. The van der Waals surface area contributed by atoms with Crippen LogP contribution >= 0.6 is 0 Å². The molecule has 1 aliphatic rings. The summed E-state index contributed by atoms with van der Waals surface area (Å²) in [5.41, 5.74) is 0.786. The average Bonchev–Trinajstić information content (AvgIpc) is 3.02. The number of hydrogen-bond acceptors (Lipinski definition) is 5. The van der Waals surface area contributed by atoms with Crippen LogP contribution in [0, 0.1) is 0 Å². The van der Waals surface area contributed by atoms with E-state index in [1.807, 2.05) is 32.0 Å². The van der Waals surface area contributed by atoms with E-state index in [0.29, 0.717) is 5.82 Å². The van der Waals surface area contributed by atoms with E-state index in [-0.39, 0.29) is 6.10 Å². The van der Waals surface area contributed by atoms with Crippen molar-refractivity contribution in [1.29, 1.82) is 0 Å². The lowest BCUT2D eigenvalue weighted by atomic mass is 10.3. The molecule has 0 aliphatic carbocycles. The maximum Gasteiger partial charge on any atom is 0.180 e. The van der Waals surface area contributed by atoms with Crippen molar-refractivity contribution >= 4 is 5.82 Å². The summed E-state index contributed by atoms with van der Waals surface area (Å²) >= 11 is 0. The van der Waals surface area contributed by atoms with Crippen molar-refractivity contribution in [3.05, 3.63) is 30.6 Å². The third-order valence-corrected chi connectivity index (χ3v) is 3.40. The molecule has 1 saturated heterocycles. The van der Waals surface area contributed by atoms with Gasteiger partial charge in [-0.3, -0.25) is 4.98 Å². The molecule has 5 heteroatoms. The number of ether oxygens (including phenoxy) is 1. The van der Waals surface area contributed by atoms with Crippen LogP contribution in [-0.2, 0) is 0 Å². The average molecular weight is 284 g/mol. The molecule has 5 nitrogen and oxygen atoms in total. The van der Waals surface area contributed by atoms with Gasteiger partial charge in [-0.15, -0.1) is 0 Å². The van der Waals surface area contributed by atoms with Gasteiger partial charge in [-0.05, 0) is 38.8 Å². The lowest BCUT2D eigenvalue weighted by Crippen LogP contribution is -2.21. The van der Waals surface area contributed by atoms with Crippen LogP contribution in [-0.4, -0.2) is 34.1 Å². The lowest BCUT2D eigenvalue weighted by molar-refractivity contribution is 0.241. The van der Waals surface area contributed by atoms with Crippen molar-refractivity contribution < 1.29 is 4.74 Å². The summed E-state index contributed by atoms with van der Waals surface area (Å²) in [4.78, 5) is 15.7. The smallest absolute Gasteiger partial charge is 0.180 e. The predicted molar refractivity (Wildman–Crippen MR) is 82.5 cm³/mol. The minimum atomic E-state index is 0.107. The predicted octanol–water partition coefficient (Wildman–Crippen LogP) is 2.93. The fourth-order valence-corrected chi connectivity index (χ4v) is 2.47. The van der Waals surface area contributed by atoms with Gasteiger partial charge in [0.05, 0.1) is 12.3 Å². The Labute approximate surface area is 125 Å². The molecule has 0 radical (unpaired) electrons. The van der Waals surface area contributed by atoms with Gasteiger partial charge in [-0.25, -0.2) is 9.97 Å². The molecule has 0 unspecified atom stereocenters. The van der Waals surface area contributed by atoms with Crippen LogP contribution in [0.1, 0.15) is 26.7 Å². The summed E-state index contributed by atoms with van der Waals surface area (Å²) in [5.74, 6) is 2.29. The lowest BCUT2D eigenvalue weighted by Gasteiger charge is -2.21. The zero-order valence-corrected chi connectivity index (χ0v) is 12.5. The SMILES string of the molecule is CC(C)Oc1cnc(-c2ccccn2)nc1N1CCCC1. The first kappa shape index (κ1) is 13.8. The van der Waals surface area contributed by atoms with Crippen LogP contribution in [0.4, 0.5) is 5.82 Å². The first-order chi connectivity index (χ1) is 10.2. The van der Waals surface area contributed by atoms with Crippen LogP contribution < -0.4 is 9.64 Å². The first-order valence-corrected chi connectivity index (χ1v) is 7.44. The minimum absolute atomic E-state index is 0.107. The van der Waals surface area contributed by atoms with Gasteiger partial charge in [0.15, 0.2) is 17.4 Å². The van der Waals surface area contributed by atoms with Crippen molar-refractivity contribution in [1.82, 2.24) is 15.0 Å². The first-order valence-electron chi connectivity index (χ1n) is 7.44. The molecule has 21 heavy (non-hydrogen) atoms. The van der Waals surface area contributed by atoms with Gasteiger partial charge in [0.1, 0.15) is 5.69 Å². The molecule has 1 aliphatic heterocycles. The molecule has 0 amide bonds. The van der Waals surface area contributed by atoms with E-state index < -0.39 is 0 Å². The number of aromatic nitrogens is 3. The van der Waals surface area contributed by atoms with E-state index in [1.165, 1.54) is 12.8 Å². The largest absolute Gasteiger partial charge is 0.486 e. The van der Waals surface area contributed by atoms with Crippen LogP contribution in [0.15, 0.2) is 30.6 Å². The second-order valence-electron chi connectivity index (χ2n) is 5.46. The molecule has 0 N–H and O–H groups in total. The molecular formula is C16H20N4O. The Balaban J connectivity index is 1.99. The quantitative estimate of drug-likeness (QED) is 0.864. The van der Waals surface area contributed by atoms with Crippen LogP contribution in [0.2, 0.25) is 0 Å². The molecule has 0 aromatic carbocycles. The van der Waals surface area contributed by atoms with Gasteiger partial charge < -0.3 is 9.64 Å². The van der Waals surface area contributed by atoms with E-state index in [0.717, 1.165) is 30.4 Å². The van der Waals surface area contributed by atoms with Gasteiger partial charge in [0.25, 0.3) is 0 Å². The molecule has 1 fully saturated rings. The van der Waals surface area contributed by atoms with Crippen molar-refractivity contribution in [2.24, 2.45) is 0 Å². The second kappa shape index (κ2) is 6.08. The molecular weight excluding hydrogens is 264 g/mol. The summed E-state index contributed by atoms with van der Waals surface area (Å²) < 4.78 is 5.86. The Morgan fingerprint density at radius 1 is 1.14 bits per heavy atom. The summed E-state index contributed by atoms with van der Waals surface area (Å²) in [7, 11) is 0. The number of rotatable bonds is 4. The van der Waals surface area contributed by atoms with Crippen molar-refractivity contribution in [3.8, 4) is 17.3 Å². The standard InChI is InChI=1S/C16H20N4O/c1-12(2)21-14-11-18-15(13-7-3-4-8-17-13)19-16(14)20-9-5-6-10-20/h3-4,7-8,11-12H,5-6,9-10H2,1-2H3. The molecule has 0 spiro atoms. The zero-order valence-electron chi connectivity index (χ0n) is 12.5. The van der Waals surface area contributed by atoms with E-state index in [1.54, 1.807) is 12.4 Å². The van der Waals surface area contributed by atoms with Crippen molar-refractivity contribution in [2.45, 2.75) is 32.8 Å². The molecule has 3 rings (SSSR count). The fourth-order valence-electron chi connectivity index (χ4n) is 2.47. The number of anilines is 1. The minimum Gasteiger partial charge on any atom is -0.486 e. The summed E-state index contributed by atoms with van der Waals surface area (Å²) in [5, 5.41) is 0. The highest BCUT2D eigenvalue weighted by molar-refractivity contribution is 5.58. The maximum atomic E-state index is 5.86. The van der Waals surface area contributed by atoms with Crippen molar-refractivity contribution in [3.63, 3.8) is 0 Å². The van der Waals surface area contributed by atoms with E-state index in [4.69, 9.17) is 9.72 Å². The molecule has 3 heterocycles. The normalized spacial score (nSPS) is 14.7. The highest BCUT2D eigenvalue weighted by Crippen LogP contribution is 2.30. The molecule has 0 bridgehead atoms. The Morgan fingerprint density at radius 2 is 1.95 bits per heavy atom. The number of hydrogen-bond donors (Lipinski definition) is 0. The fraction of sp³-hybridized carbons (Fsp3) is 0.438. The van der Waals surface area contributed by atoms with Crippen molar-refractivity contribution in [2.75, 3.05) is 18.0 Å². The van der Waals surface area contributed by atoms with Gasteiger partial charge in [0.2, 0.25) is 0 Å². The van der Waals surface area contributed by atoms with Gasteiger partial charge in [-0.1, -0.05) is 6.07 Å². The monoisotopic (exact) mass is 284 g/mol. The molecule has 0 atom stereocenters. The third-order valence-electron chi connectivity index (χ3n) is 3.40. The van der Waals surface area contributed by atoms with Crippen LogP contribution in [0.25, 0.3) is 11.5 Å². The molecule has 2 aromatic heterocycles. The second-order valence-corrected chi connectivity index (χ2v) is 5.46. The third kappa shape index (κ3) is 3.12. The topological polar surface area (TPSA) is 51.1 Å². The number of pyridine rings is 1. The van der Waals surface area contributed by atoms with Gasteiger partial charge in [-0.2, -0.15) is 0 Å². The highest BCUT2D eigenvalue weighted by atomic mass is 16.5. The molecule has 2 aromatic rings. The molecule has 110 valence electrons. The Bertz CT molecular complexity index is 594. The van der Waals surface area contributed by atoms with Crippen LogP contribution in [0.3, 0.4) is 0 Å². The van der Waals surface area contributed by atoms with Gasteiger partial charge in [0, 0.05) is 19.3 Å². The summed E-state index contributed by atoms with van der Waals surface area (Å²) in [6, 6.07) is 5.76. The Morgan fingerprint density at radius 3 is 2.62 bits per heavy atom. The van der Waals surface area contributed by atoms with E-state index in [2.05, 4.69) is 14.9 Å². The van der Waals surface area contributed by atoms with Gasteiger partial charge >= 0.3 is 0 Å². The summed E-state index contributed by atoms with van der Waals surface area (Å²) in [6.07, 6.45) is 6.03. The summed E-state index contributed by atoms with van der Waals surface area (Å²) in [6.45, 7) is 6.07. The Kier molecular flexibility index (Phi) is 3.99. The number of nitrogens with zero attached hydrogens (tertiary/aromatic N) is 4. The molecule has 0 saturated carbocycles. The Hall–Kier alpha value is -2.17. The van der Waals surface area contributed by atoms with Crippen LogP contribution in [0.5, 0.6) is 5.75 Å². The maximum absolute atomic E-state index is 5.86. The van der Waals surface area contributed by atoms with E-state index >= 15 is 0 Å².